The molecule has 0 spiro atoms. The lowest BCUT2D eigenvalue weighted by molar-refractivity contribution is -0.131. The zero-order valence-corrected chi connectivity index (χ0v) is 10.3. The Balaban J connectivity index is 2.34. The molecular formula is C10H14ClNO2S. The highest BCUT2D eigenvalue weighted by molar-refractivity contribution is 7.16. The second kappa shape index (κ2) is 6.10. The molecule has 0 saturated heterocycles. The van der Waals surface area contributed by atoms with Gasteiger partial charge in [0, 0.05) is 11.5 Å². The number of rotatable bonds is 5. The highest BCUT2D eigenvalue weighted by Gasteiger charge is 2.11. The van der Waals surface area contributed by atoms with Gasteiger partial charge in [0.15, 0.2) is 0 Å². The van der Waals surface area contributed by atoms with Crippen LogP contribution in [0.2, 0.25) is 4.34 Å². The van der Waals surface area contributed by atoms with Gasteiger partial charge in [-0.05, 0) is 26.0 Å². The fourth-order valence-corrected chi connectivity index (χ4v) is 2.12. The van der Waals surface area contributed by atoms with E-state index in [0.717, 1.165) is 9.21 Å². The van der Waals surface area contributed by atoms with Crippen LogP contribution < -0.4 is 5.32 Å². The van der Waals surface area contributed by atoms with Crippen molar-refractivity contribution in [3.8, 4) is 0 Å². The van der Waals surface area contributed by atoms with E-state index < -0.39 is 6.10 Å². The standard InChI is InChI=1S/C10H14ClNO2S/c1-3-14-7(2)10(13)12-6-8-4-5-9(11)15-8/h4-5,7H,3,6H2,1-2H3,(H,12,13)/t7-/m1/s1. The van der Waals surface area contributed by atoms with Crippen LogP contribution in [-0.2, 0) is 16.1 Å². The predicted molar refractivity (Wildman–Crippen MR) is 62.3 cm³/mol. The van der Waals surface area contributed by atoms with Gasteiger partial charge < -0.3 is 10.1 Å². The maximum atomic E-state index is 11.4. The van der Waals surface area contributed by atoms with Crippen LogP contribution in [0.5, 0.6) is 0 Å². The Bertz CT molecular complexity index is 327. The number of ether oxygens (including phenoxy) is 1. The summed E-state index contributed by atoms with van der Waals surface area (Å²) in [5, 5.41) is 2.78. The Labute approximate surface area is 98.4 Å². The smallest absolute Gasteiger partial charge is 0.249 e. The van der Waals surface area contributed by atoms with E-state index in [1.807, 2.05) is 19.1 Å². The lowest BCUT2D eigenvalue weighted by atomic mass is 10.3. The van der Waals surface area contributed by atoms with Crippen LogP contribution in [0, 0.1) is 0 Å². The summed E-state index contributed by atoms with van der Waals surface area (Å²) in [7, 11) is 0. The molecule has 15 heavy (non-hydrogen) atoms. The van der Waals surface area contributed by atoms with Crippen LogP contribution >= 0.6 is 22.9 Å². The summed E-state index contributed by atoms with van der Waals surface area (Å²) in [6.45, 7) is 4.65. The van der Waals surface area contributed by atoms with Gasteiger partial charge in [0.1, 0.15) is 6.10 Å². The molecular weight excluding hydrogens is 234 g/mol. The van der Waals surface area contributed by atoms with E-state index in [1.165, 1.54) is 11.3 Å². The minimum absolute atomic E-state index is 0.0960. The molecule has 1 N–H and O–H groups in total. The van der Waals surface area contributed by atoms with Crippen molar-refractivity contribution in [1.82, 2.24) is 5.32 Å². The van der Waals surface area contributed by atoms with Crippen LogP contribution in [0.4, 0.5) is 0 Å². The zero-order chi connectivity index (χ0) is 11.3. The monoisotopic (exact) mass is 247 g/mol. The van der Waals surface area contributed by atoms with Gasteiger partial charge in [-0.25, -0.2) is 0 Å². The van der Waals surface area contributed by atoms with Crippen molar-refractivity contribution >= 4 is 28.8 Å². The molecule has 0 radical (unpaired) electrons. The first-order chi connectivity index (χ1) is 7.13. The number of nitrogens with one attached hydrogen (secondary N) is 1. The van der Waals surface area contributed by atoms with E-state index in [9.17, 15) is 4.79 Å². The van der Waals surface area contributed by atoms with Crippen molar-refractivity contribution in [2.75, 3.05) is 6.61 Å². The second-order valence-corrected chi connectivity index (χ2v) is 4.82. The first-order valence-corrected chi connectivity index (χ1v) is 5.96. The van der Waals surface area contributed by atoms with Crippen molar-refractivity contribution in [2.45, 2.75) is 26.5 Å². The molecule has 1 atom stereocenters. The average molecular weight is 248 g/mol. The van der Waals surface area contributed by atoms with Crippen molar-refractivity contribution in [2.24, 2.45) is 0 Å². The third kappa shape index (κ3) is 4.20. The maximum Gasteiger partial charge on any atom is 0.249 e. The Morgan fingerprint density at radius 3 is 2.93 bits per heavy atom. The number of hydrogen-bond acceptors (Lipinski definition) is 3. The number of carbonyl (C=O) groups excluding carboxylic acids is 1. The summed E-state index contributed by atoms with van der Waals surface area (Å²) in [4.78, 5) is 12.5. The second-order valence-electron chi connectivity index (χ2n) is 3.02. The van der Waals surface area contributed by atoms with Crippen LogP contribution in [-0.4, -0.2) is 18.6 Å². The summed E-state index contributed by atoms with van der Waals surface area (Å²) in [6.07, 6.45) is -0.398. The number of hydrogen-bond donors (Lipinski definition) is 1. The summed E-state index contributed by atoms with van der Waals surface area (Å²) in [5.41, 5.74) is 0. The minimum atomic E-state index is -0.398. The molecule has 0 aromatic carbocycles. The molecule has 1 rings (SSSR count). The third-order valence-corrected chi connectivity index (χ3v) is 3.08. The molecule has 1 amide bonds. The number of amides is 1. The molecule has 3 nitrogen and oxygen atoms in total. The van der Waals surface area contributed by atoms with Gasteiger partial charge in [-0.2, -0.15) is 0 Å². The summed E-state index contributed by atoms with van der Waals surface area (Å²) >= 11 is 7.23. The SMILES string of the molecule is CCO[C@H](C)C(=O)NCc1ccc(Cl)s1. The lowest BCUT2D eigenvalue weighted by Gasteiger charge is -2.11. The normalized spacial score (nSPS) is 12.5. The lowest BCUT2D eigenvalue weighted by Crippen LogP contribution is -2.33. The molecule has 0 aliphatic carbocycles. The number of halogens is 1. The zero-order valence-electron chi connectivity index (χ0n) is 8.75. The van der Waals surface area contributed by atoms with Gasteiger partial charge in [-0.1, -0.05) is 11.6 Å². The summed E-state index contributed by atoms with van der Waals surface area (Å²) < 4.78 is 5.90. The molecule has 0 aliphatic rings. The molecule has 1 aromatic heterocycles. The molecule has 84 valence electrons. The van der Waals surface area contributed by atoms with Crippen LogP contribution in [0.15, 0.2) is 12.1 Å². The van der Waals surface area contributed by atoms with E-state index in [2.05, 4.69) is 5.32 Å². The van der Waals surface area contributed by atoms with E-state index in [4.69, 9.17) is 16.3 Å². The number of carbonyl (C=O) groups is 1. The molecule has 1 aromatic rings. The first kappa shape index (κ1) is 12.5. The molecule has 1 heterocycles. The van der Waals surface area contributed by atoms with E-state index in [1.54, 1.807) is 6.92 Å². The van der Waals surface area contributed by atoms with Gasteiger partial charge in [-0.3, -0.25) is 4.79 Å². The minimum Gasteiger partial charge on any atom is -0.369 e. The van der Waals surface area contributed by atoms with E-state index >= 15 is 0 Å². The van der Waals surface area contributed by atoms with Gasteiger partial charge in [0.05, 0.1) is 10.9 Å². The van der Waals surface area contributed by atoms with Crippen molar-refractivity contribution in [3.63, 3.8) is 0 Å². The Morgan fingerprint density at radius 2 is 2.40 bits per heavy atom. The molecule has 0 bridgehead atoms. The van der Waals surface area contributed by atoms with Crippen molar-refractivity contribution in [1.29, 1.82) is 0 Å². The highest BCUT2D eigenvalue weighted by Crippen LogP contribution is 2.20. The predicted octanol–water partition coefficient (Wildman–Crippen LogP) is 2.44. The van der Waals surface area contributed by atoms with Crippen LogP contribution in [0.1, 0.15) is 18.7 Å². The van der Waals surface area contributed by atoms with Crippen LogP contribution in [0.3, 0.4) is 0 Å². The molecule has 0 unspecified atom stereocenters. The number of thiophene rings is 1. The third-order valence-electron chi connectivity index (χ3n) is 1.85. The van der Waals surface area contributed by atoms with Gasteiger partial charge in [-0.15, -0.1) is 11.3 Å². The van der Waals surface area contributed by atoms with Gasteiger partial charge in [0.2, 0.25) is 5.91 Å². The van der Waals surface area contributed by atoms with Gasteiger partial charge in [0.25, 0.3) is 0 Å². The average Bonchev–Trinajstić information content (AvgIpc) is 2.61. The van der Waals surface area contributed by atoms with E-state index in [-0.39, 0.29) is 5.91 Å². The van der Waals surface area contributed by atoms with Gasteiger partial charge >= 0.3 is 0 Å². The summed E-state index contributed by atoms with van der Waals surface area (Å²) in [5.74, 6) is -0.0960. The molecule has 0 aliphatic heterocycles. The van der Waals surface area contributed by atoms with E-state index in [0.29, 0.717) is 13.2 Å². The molecule has 5 heteroatoms. The Morgan fingerprint density at radius 1 is 1.67 bits per heavy atom. The van der Waals surface area contributed by atoms with Crippen LogP contribution in [0.25, 0.3) is 0 Å². The fourth-order valence-electron chi connectivity index (χ4n) is 1.09. The summed E-state index contributed by atoms with van der Waals surface area (Å²) in [6, 6.07) is 3.72. The highest BCUT2D eigenvalue weighted by atomic mass is 35.5. The topological polar surface area (TPSA) is 38.3 Å². The first-order valence-electron chi connectivity index (χ1n) is 4.77. The quantitative estimate of drug-likeness (QED) is 0.868. The fraction of sp³-hybridized carbons (Fsp3) is 0.500. The van der Waals surface area contributed by atoms with Crippen molar-refractivity contribution in [3.05, 3.63) is 21.3 Å². The Kier molecular flexibility index (Phi) is 5.08. The molecule has 0 fully saturated rings. The van der Waals surface area contributed by atoms with Crippen molar-refractivity contribution < 1.29 is 9.53 Å². The largest absolute Gasteiger partial charge is 0.369 e. The Hall–Kier alpha value is -0.580. The molecule has 0 saturated carbocycles. The maximum absolute atomic E-state index is 11.4.